The molecule has 20 heteroatoms. The molecule has 10 aromatic rings. The largest absolute Gasteiger partial charge is 0.443 e. The summed E-state index contributed by atoms with van der Waals surface area (Å²) in [5, 5.41) is 49.7. The number of nitrogens with zero attached hydrogens (tertiary/aromatic N) is 10. The second kappa shape index (κ2) is 17.8. The first kappa shape index (κ1) is 43.2. The average molecular weight is 919 g/mol. The predicted octanol–water partition coefficient (Wildman–Crippen LogP) is 11.0. The van der Waals surface area contributed by atoms with Crippen molar-refractivity contribution in [1.29, 1.82) is 0 Å². The Kier molecular flexibility index (Phi) is 11.7. The Hall–Kier alpha value is -8.10. The van der Waals surface area contributed by atoms with E-state index in [2.05, 4.69) is 73.5 Å². The van der Waals surface area contributed by atoms with E-state index in [1.165, 1.54) is 32.3 Å². The number of carbonyl (C=O) groups is 2. The molecule has 6 aromatic heterocycles. The highest BCUT2D eigenvalue weighted by Crippen LogP contribution is 2.37. The Bertz CT molecular complexity index is 3280. The molecule has 0 saturated carbocycles. The van der Waals surface area contributed by atoms with E-state index in [1.807, 2.05) is 67.0 Å². The van der Waals surface area contributed by atoms with Gasteiger partial charge >= 0.3 is 12.2 Å². The number of benzene rings is 4. The number of hydrogen-bond donors (Lipinski definition) is 4. The summed E-state index contributed by atoms with van der Waals surface area (Å²) in [6.45, 7) is 10.8. The normalized spacial score (nSPS) is 11.6. The van der Waals surface area contributed by atoms with Gasteiger partial charge in [0.15, 0.2) is 0 Å². The highest BCUT2D eigenvalue weighted by Gasteiger charge is 2.29. The van der Waals surface area contributed by atoms with Crippen molar-refractivity contribution in [2.75, 3.05) is 10.2 Å². The van der Waals surface area contributed by atoms with Gasteiger partial charge in [0, 0.05) is 51.1 Å². The summed E-state index contributed by atoms with van der Waals surface area (Å²) in [5.74, 6) is 0. The summed E-state index contributed by atoms with van der Waals surface area (Å²) in [4.78, 5) is 27.5. The molecule has 0 unspecified atom stereocenters. The van der Waals surface area contributed by atoms with E-state index in [4.69, 9.17) is 9.47 Å². The molecule has 0 radical (unpaired) electrons. The number of carbonyl (C=O) groups excluding carboxylic acids is 2. The van der Waals surface area contributed by atoms with Gasteiger partial charge in [-0.3, -0.25) is 15.3 Å². The molecule has 10 rings (SSSR count). The Balaban J connectivity index is 0.000000181. The van der Waals surface area contributed by atoms with Crippen LogP contribution in [0.2, 0.25) is 0 Å². The maximum Gasteiger partial charge on any atom is 0.435 e. The number of nitrogens with one attached hydrogen (secondary N) is 4. The van der Waals surface area contributed by atoms with Gasteiger partial charge in [0.2, 0.25) is 10.3 Å². The molecule has 1 amide bonds. The zero-order valence-corrected chi connectivity index (χ0v) is 38.1. The fourth-order valence-corrected chi connectivity index (χ4v) is 8.26. The molecule has 0 aliphatic heterocycles. The lowest BCUT2D eigenvalue weighted by atomic mass is 10.1. The molecular weight excluding hydrogens is 877 g/mol. The van der Waals surface area contributed by atoms with Gasteiger partial charge in [-0.05, 0) is 101 Å². The van der Waals surface area contributed by atoms with Crippen LogP contribution in [-0.4, -0.2) is 84.2 Å². The quantitative estimate of drug-likeness (QED) is 0.111. The van der Waals surface area contributed by atoms with Crippen molar-refractivity contribution in [1.82, 2.24) is 60.8 Å². The monoisotopic (exact) mass is 918 g/mol. The van der Waals surface area contributed by atoms with Gasteiger partial charge in [0.05, 0.1) is 41.5 Å². The van der Waals surface area contributed by atoms with Crippen molar-refractivity contribution < 1.29 is 19.1 Å². The summed E-state index contributed by atoms with van der Waals surface area (Å²) < 4.78 is 12.4. The Morgan fingerprint density at radius 1 is 0.636 bits per heavy atom. The van der Waals surface area contributed by atoms with E-state index in [1.54, 1.807) is 84.5 Å². The first-order valence-electron chi connectivity index (χ1n) is 20.5. The van der Waals surface area contributed by atoms with E-state index >= 15 is 0 Å². The molecule has 18 nitrogen and oxygen atoms in total. The maximum atomic E-state index is 13.5. The number of fused-ring (bicyclic) bond motifs is 2. The minimum Gasteiger partial charge on any atom is -0.443 e. The van der Waals surface area contributed by atoms with E-state index in [0.717, 1.165) is 60.1 Å². The topological polar surface area (TPSA) is 223 Å². The lowest BCUT2D eigenvalue weighted by Crippen LogP contribution is -2.33. The molecular formula is C46H42N14O4S2. The Morgan fingerprint density at radius 2 is 1.29 bits per heavy atom. The standard InChI is InChI=1S/C28H29N7O4S.C18H13N7S/c1-27(2,3)38-25(36)34(21-10-11-22-19(13-21)16-31-35(22)26(37)39-28(4,5)6)24-33-32-23(40-24)18-9-7-8-17(12-18)20-14-29-30-15-20;1-2-11(14-9-19-20-10-14)6-12(3-1)17-24-25-18(26-17)22-15-4-5-16-13(7-15)8-21-23-16/h7-16H,1-6H3,(H,29,30);1-10H,(H,19,20)(H,21,23)(H,22,25). The minimum atomic E-state index is -0.743. The molecule has 6 heterocycles. The van der Waals surface area contributed by atoms with Crippen LogP contribution in [0.4, 0.5) is 31.2 Å². The molecule has 66 heavy (non-hydrogen) atoms. The van der Waals surface area contributed by atoms with Crippen LogP contribution in [0.25, 0.3) is 65.2 Å². The molecule has 4 aromatic carbocycles. The molecule has 0 spiro atoms. The van der Waals surface area contributed by atoms with E-state index in [-0.39, 0.29) is 0 Å². The molecule has 0 bridgehead atoms. The molecule has 332 valence electrons. The number of ether oxygens (including phenoxy) is 2. The van der Waals surface area contributed by atoms with Gasteiger partial charge in [-0.25, -0.2) is 14.5 Å². The fourth-order valence-electron chi connectivity index (χ4n) is 6.65. The lowest BCUT2D eigenvalue weighted by Gasteiger charge is -2.25. The number of aromatic amines is 3. The third kappa shape index (κ3) is 9.83. The van der Waals surface area contributed by atoms with Gasteiger partial charge in [0.1, 0.15) is 21.2 Å². The highest BCUT2D eigenvalue weighted by molar-refractivity contribution is 7.19. The third-order valence-electron chi connectivity index (χ3n) is 9.56. The molecule has 4 N–H and O–H groups in total. The molecule has 0 aliphatic carbocycles. The van der Waals surface area contributed by atoms with Gasteiger partial charge in [-0.2, -0.15) is 25.1 Å². The molecule has 0 aliphatic rings. The summed E-state index contributed by atoms with van der Waals surface area (Å²) in [6, 6.07) is 27.2. The number of H-pyrrole nitrogens is 3. The minimum absolute atomic E-state index is 0.330. The predicted molar refractivity (Wildman–Crippen MR) is 255 cm³/mol. The first-order chi connectivity index (χ1) is 31.7. The van der Waals surface area contributed by atoms with Crippen molar-refractivity contribution in [2.24, 2.45) is 0 Å². The number of anilines is 4. The SMILES string of the molecule is CC(C)(C)OC(=O)N(c1ccc2c(cnn2C(=O)OC(C)(C)C)c1)c1nnc(-c2cccc(-c3cn[nH]c3)c2)s1.c1cc(-c2cn[nH]c2)cc(-c2nnc(Nc3ccc4[nH]ncc4c3)s2)c1. The zero-order chi connectivity index (χ0) is 46.0. The third-order valence-corrected chi connectivity index (χ3v) is 11.4. The highest BCUT2D eigenvalue weighted by atomic mass is 32.1. The second-order valence-corrected chi connectivity index (χ2v) is 18.8. The van der Waals surface area contributed by atoms with E-state index in [0.29, 0.717) is 26.7 Å². The first-order valence-corrected chi connectivity index (χ1v) is 22.2. The van der Waals surface area contributed by atoms with Crippen LogP contribution < -0.4 is 10.2 Å². The van der Waals surface area contributed by atoms with Crippen LogP contribution in [-0.2, 0) is 9.47 Å². The Morgan fingerprint density at radius 3 is 1.94 bits per heavy atom. The van der Waals surface area contributed by atoms with Crippen LogP contribution in [0.3, 0.4) is 0 Å². The van der Waals surface area contributed by atoms with E-state index < -0.39 is 23.4 Å². The van der Waals surface area contributed by atoms with Crippen LogP contribution in [0.1, 0.15) is 41.5 Å². The Labute approximate surface area is 385 Å². The number of hydrogen-bond acceptors (Lipinski definition) is 15. The average Bonchev–Trinajstić information content (AvgIpc) is 4.14. The van der Waals surface area contributed by atoms with Crippen LogP contribution >= 0.6 is 22.7 Å². The van der Waals surface area contributed by atoms with Gasteiger partial charge in [0.25, 0.3) is 0 Å². The van der Waals surface area contributed by atoms with Crippen molar-refractivity contribution in [3.63, 3.8) is 0 Å². The van der Waals surface area contributed by atoms with Gasteiger partial charge in [-0.1, -0.05) is 59.1 Å². The van der Waals surface area contributed by atoms with Crippen LogP contribution in [0.15, 0.2) is 122 Å². The van der Waals surface area contributed by atoms with Gasteiger partial charge < -0.3 is 14.8 Å². The number of aromatic nitrogens is 12. The summed E-state index contributed by atoms with van der Waals surface area (Å²) in [7, 11) is 0. The maximum absolute atomic E-state index is 13.5. The summed E-state index contributed by atoms with van der Waals surface area (Å²) >= 11 is 2.77. The smallest absolute Gasteiger partial charge is 0.435 e. The van der Waals surface area contributed by atoms with E-state index in [9.17, 15) is 9.59 Å². The zero-order valence-electron chi connectivity index (χ0n) is 36.5. The van der Waals surface area contributed by atoms with Crippen molar-refractivity contribution in [2.45, 2.75) is 52.7 Å². The van der Waals surface area contributed by atoms with Crippen molar-refractivity contribution in [3.05, 3.63) is 122 Å². The number of rotatable bonds is 8. The molecule has 0 fully saturated rings. The van der Waals surface area contributed by atoms with Crippen LogP contribution in [0, 0.1) is 0 Å². The second-order valence-electron chi connectivity index (χ2n) is 16.8. The summed E-state index contributed by atoms with van der Waals surface area (Å²) in [5.41, 5.74) is 7.50. The molecule has 0 saturated heterocycles. The van der Waals surface area contributed by atoms with Crippen molar-refractivity contribution >= 4 is 78.3 Å². The summed E-state index contributed by atoms with van der Waals surface area (Å²) in [6.07, 6.45) is 9.38. The van der Waals surface area contributed by atoms with Crippen LogP contribution in [0.5, 0.6) is 0 Å². The van der Waals surface area contributed by atoms with Crippen molar-refractivity contribution in [3.8, 4) is 43.4 Å². The fraction of sp³-hybridized carbons (Fsp3) is 0.174. The molecule has 0 atom stereocenters. The van der Waals surface area contributed by atoms with Gasteiger partial charge in [-0.15, -0.1) is 20.4 Å². The number of amides is 1. The lowest BCUT2D eigenvalue weighted by molar-refractivity contribution is 0.0521.